The van der Waals surface area contributed by atoms with Crippen LogP contribution in [0.3, 0.4) is 0 Å². The average molecular weight is 393 g/mol. The molecule has 152 valence electrons. The lowest BCUT2D eigenvalue weighted by molar-refractivity contribution is -0.142. The van der Waals surface area contributed by atoms with Crippen LogP contribution in [0.25, 0.3) is 0 Å². The number of nitrogens with one attached hydrogen (secondary N) is 1. The number of rotatable bonds is 5. The van der Waals surface area contributed by atoms with Crippen molar-refractivity contribution < 1.29 is 28.6 Å². The van der Waals surface area contributed by atoms with Gasteiger partial charge in [-0.2, -0.15) is 0 Å². The Bertz CT molecular complexity index is 764. The van der Waals surface area contributed by atoms with Crippen LogP contribution in [-0.2, 0) is 19.1 Å². The number of aliphatic hydroxyl groups is 1. The number of ether oxygens (including phenoxy) is 1. The Labute approximate surface area is 162 Å². The number of esters is 1. The zero-order valence-electron chi connectivity index (χ0n) is 15.7. The SMILES string of the molecule is CC(=O)NCC1C[C@H](c2ccc(N3CCN(C(=O)CO)CC3)c(F)c2)C(=O)O1. The molecule has 0 aliphatic carbocycles. The number of benzene rings is 1. The molecular formula is C19H24FN3O5. The number of halogens is 1. The normalized spacial score (nSPS) is 22.2. The summed E-state index contributed by atoms with van der Waals surface area (Å²) in [6.45, 7) is 2.87. The van der Waals surface area contributed by atoms with Gasteiger partial charge in [0.05, 0.1) is 18.2 Å². The molecular weight excluding hydrogens is 369 g/mol. The maximum Gasteiger partial charge on any atom is 0.313 e. The topological polar surface area (TPSA) is 99.2 Å². The number of piperazine rings is 1. The second-order valence-corrected chi connectivity index (χ2v) is 7.02. The monoisotopic (exact) mass is 393 g/mol. The highest BCUT2D eigenvalue weighted by molar-refractivity contribution is 5.81. The average Bonchev–Trinajstić information content (AvgIpc) is 3.06. The van der Waals surface area contributed by atoms with Gasteiger partial charge in [0, 0.05) is 39.5 Å². The van der Waals surface area contributed by atoms with E-state index in [9.17, 15) is 18.8 Å². The van der Waals surface area contributed by atoms with Crippen molar-refractivity contribution in [2.75, 3.05) is 44.2 Å². The molecule has 0 radical (unpaired) electrons. The van der Waals surface area contributed by atoms with Gasteiger partial charge >= 0.3 is 5.97 Å². The Morgan fingerprint density at radius 3 is 2.61 bits per heavy atom. The highest BCUT2D eigenvalue weighted by atomic mass is 19.1. The van der Waals surface area contributed by atoms with E-state index in [2.05, 4.69) is 5.32 Å². The maximum atomic E-state index is 14.7. The van der Waals surface area contributed by atoms with Gasteiger partial charge in [-0.15, -0.1) is 0 Å². The Morgan fingerprint density at radius 2 is 2.00 bits per heavy atom. The second-order valence-electron chi connectivity index (χ2n) is 7.02. The molecule has 2 atom stereocenters. The lowest BCUT2D eigenvalue weighted by Crippen LogP contribution is -2.49. The summed E-state index contributed by atoms with van der Waals surface area (Å²) < 4.78 is 20.0. The molecule has 1 aromatic carbocycles. The lowest BCUT2D eigenvalue weighted by atomic mass is 9.95. The predicted octanol–water partition coefficient (Wildman–Crippen LogP) is 0.00180. The minimum absolute atomic E-state index is 0.198. The van der Waals surface area contributed by atoms with E-state index in [1.165, 1.54) is 13.0 Å². The Balaban J connectivity index is 1.64. The summed E-state index contributed by atoms with van der Waals surface area (Å²) in [5, 5.41) is 11.5. The first-order valence-electron chi connectivity index (χ1n) is 9.27. The first kappa shape index (κ1) is 20.1. The van der Waals surface area contributed by atoms with Gasteiger partial charge in [-0.05, 0) is 17.7 Å². The number of hydrogen-bond donors (Lipinski definition) is 2. The number of aliphatic hydroxyl groups excluding tert-OH is 1. The third-order valence-corrected chi connectivity index (χ3v) is 5.13. The smallest absolute Gasteiger partial charge is 0.313 e. The van der Waals surface area contributed by atoms with Crippen molar-refractivity contribution in [3.05, 3.63) is 29.6 Å². The minimum Gasteiger partial charge on any atom is -0.460 e. The predicted molar refractivity (Wildman–Crippen MR) is 98.2 cm³/mol. The molecule has 9 heteroatoms. The molecule has 2 saturated heterocycles. The highest BCUT2D eigenvalue weighted by Crippen LogP contribution is 2.33. The third-order valence-electron chi connectivity index (χ3n) is 5.13. The van der Waals surface area contributed by atoms with Crippen LogP contribution in [0.4, 0.5) is 10.1 Å². The molecule has 3 rings (SSSR count). The van der Waals surface area contributed by atoms with Gasteiger partial charge in [0.15, 0.2) is 0 Å². The van der Waals surface area contributed by atoms with Crippen LogP contribution in [0.1, 0.15) is 24.8 Å². The maximum absolute atomic E-state index is 14.7. The standard InChI is InChI=1S/C19H24FN3O5/c1-12(25)21-10-14-9-15(19(27)28-14)13-2-3-17(16(20)8-13)22-4-6-23(7-5-22)18(26)11-24/h2-3,8,14-15,24H,4-7,9-11H2,1H3,(H,21,25)/t14?,15-/m1/s1. The van der Waals surface area contributed by atoms with Gasteiger partial charge in [-0.25, -0.2) is 4.39 Å². The molecule has 28 heavy (non-hydrogen) atoms. The molecule has 0 saturated carbocycles. The number of carbonyl (C=O) groups excluding carboxylic acids is 3. The van der Waals surface area contributed by atoms with Crippen molar-refractivity contribution in [1.29, 1.82) is 0 Å². The molecule has 1 aromatic rings. The van der Waals surface area contributed by atoms with Crippen LogP contribution in [0.2, 0.25) is 0 Å². The highest BCUT2D eigenvalue weighted by Gasteiger charge is 2.36. The zero-order chi connectivity index (χ0) is 20.3. The molecule has 2 aliphatic heterocycles. The molecule has 0 bridgehead atoms. The fraction of sp³-hybridized carbons (Fsp3) is 0.526. The summed E-state index contributed by atoms with van der Waals surface area (Å²) >= 11 is 0. The van der Waals surface area contributed by atoms with Crippen LogP contribution in [0.5, 0.6) is 0 Å². The molecule has 1 unspecified atom stereocenters. The summed E-state index contributed by atoms with van der Waals surface area (Å²) in [6, 6.07) is 4.71. The number of anilines is 1. The fourth-order valence-electron chi connectivity index (χ4n) is 3.60. The van der Waals surface area contributed by atoms with Gasteiger partial charge in [-0.1, -0.05) is 6.07 Å². The molecule has 2 N–H and O–H groups in total. The van der Waals surface area contributed by atoms with Crippen molar-refractivity contribution in [3.63, 3.8) is 0 Å². The van der Waals surface area contributed by atoms with Gasteiger partial charge in [-0.3, -0.25) is 14.4 Å². The van der Waals surface area contributed by atoms with Crippen molar-refractivity contribution in [2.24, 2.45) is 0 Å². The van der Waals surface area contributed by atoms with Crippen molar-refractivity contribution in [1.82, 2.24) is 10.2 Å². The van der Waals surface area contributed by atoms with Gasteiger partial charge in [0.2, 0.25) is 11.8 Å². The number of nitrogens with zero attached hydrogens (tertiary/aromatic N) is 2. The first-order valence-corrected chi connectivity index (χ1v) is 9.27. The van der Waals surface area contributed by atoms with Crippen LogP contribution < -0.4 is 10.2 Å². The van der Waals surface area contributed by atoms with Crippen LogP contribution in [0, 0.1) is 5.82 Å². The minimum atomic E-state index is -0.554. The number of hydrogen-bond acceptors (Lipinski definition) is 6. The lowest BCUT2D eigenvalue weighted by Gasteiger charge is -2.36. The van der Waals surface area contributed by atoms with Crippen LogP contribution in [-0.4, -0.2) is 73.2 Å². The molecule has 2 amide bonds. The second kappa shape index (κ2) is 8.55. The largest absolute Gasteiger partial charge is 0.460 e. The quantitative estimate of drug-likeness (QED) is 0.684. The molecule has 2 fully saturated rings. The van der Waals surface area contributed by atoms with Crippen LogP contribution in [0.15, 0.2) is 18.2 Å². The van der Waals surface area contributed by atoms with Gasteiger partial charge in [0.25, 0.3) is 0 Å². The van der Waals surface area contributed by atoms with Gasteiger partial charge < -0.3 is 25.0 Å². The van der Waals surface area contributed by atoms with E-state index in [0.29, 0.717) is 43.9 Å². The van der Waals surface area contributed by atoms with Crippen molar-refractivity contribution in [2.45, 2.75) is 25.4 Å². The molecule has 0 spiro atoms. The number of carbonyl (C=O) groups is 3. The van der Waals surface area contributed by atoms with Crippen LogP contribution >= 0.6 is 0 Å². The van der Waals surface area contributed by atoms with E-state index >= 15 is 0 Å². The Kier molecular flexibility index (Phi) is 6.13. The van der Waals surface area contributed by atoms with E-state index in [1.54, 1.807) is 17.0 Å². The molecule has 2 aliphatic rings. The summed E-state index contributed by atoms with van der Waals surface area (Å²) in [6.07, 6.45) is -0.0267. The zero-order valence-corrected chi connectivity index (χ0v) is 15.7. The Hall–Kier alpha value is -2.68. The molecule has 2 heterocycles. The van der Waals surface area contributed by atoms with Gasteiger partial charge in [0.1, 0.15) is 18.5 Å². The van der Waals surface area contributed by atoms with Crippen molar-refractivity contribution in [3.8, 4) is 0 Å². The van der Waals surface area contributed by atoms with E-state index in [-0.39, 0.29) is 18.4 Å². The third kappa shape index (κ3) is 4.41. The summed E-state index contributed by atoms with van der Waals surface area (Å²) in [5.74, 6) is -1.93. The molecule has 8 nitrogen and oxygen atoms in total. The summed E-state index contributed by atoms with van der Waals surface area (Å²) in [7, 11) is 0. The van der Waals surface area contributed by atoms with E-state index < -0.39 is 30.4 Å². The van der Waals surface area contributed by atoms with E-state index in [4.69, 9.17) is 9.84 Å². The summed E-state index contributed by atoms with van der Waals surface area (Å²) in [4.78, 5) is 38.0. The van der Waals surface area contributed by atoms with Crippen molar-refractivity contribution >= 4 is 23.5 Å². The molecule has 0 aromatic heterocycles. The van der Waals surface area contributed by atoms with E-state index in [0.717, 1.165) is 0 Å². The number of amides is 2. The fourth-order valence-corrected chi connectivity index (χ4v) is 3.60. The first-order chi connectivity index (χ1) is 13.4. The van der Waals surface area contributed by atoms with E-state index in [1.807, 2.05) is 4.90 Å². The summed E-state index contributed by atoms with van der Waals surface area (Å²) in [5.41, 5.74) is 0.965. The Morgan fingerprint density at radius 1 is 1.29 bits per heavy atom. The number of cyclic esters (lactones) is 1.